The molecule has 0 heterocycles. The molecular formula is C9H15BrO2. The lowest BCUT2D eigenvalue weighted by molar-refractivity contribution is -0.124. The highest BCUT2D eigenvalue weighted by atomic mass is 79.9. The van der Waals surface area contributed by atoms with Crippen LogP contribution in [0.2, 0.25) is 0 Å². The van der Waals surface area contributed by atoms with Gasteiger partial charge in [0.05, 0.1) is 6.10 Å². The Kier molecular flexibility index (Phi) is 4.22. The number of hydrogen-bond donors (Lipinski definition) is 0. The van der Waals surface area contributed by atoms with E-state index in [4.69, 9.17) is 4.74 Å². The van der Waals surface area contributed by atoms with Crippen LogP contribution >= 0.6 is 15.9 Å². The van der Waals surface area contributed by atoms with E-state index in [2.05, 4.69) is 15.9 Å². The highest BCUT2D eigenvalue weighted by Gasteiger charge is 2.31. The Hall–Kier alpha value is 0.110. The normalized spacial score (nSPS) is 26.2. The average Bonchev–Trinajstić information content (AvgIpc) is 2.47. The van der Waals surface area contributed by atoms with Crippen molar-refractivity contribution in [3.63, 3.8) is 0 Å². The Morgan fingerprint density at radius 1 is 1.75 bits per heavy atom. The molecule has 70 valence electrons. The van der Waals surface area contributed by atoms with E-state index in [0.29, 0.717) is 12.4 Å². The molecule has 0 aromatic rings. The van der Waals surface area contributed by atoms with Crippen molar-refractivity contribution >= 4 is 21.7 Å². The Morgan fingerprint density at radius 3 is 2.92 bits per heavy atom. The molecule has 0 N–H and O–H groups in total. The fourth-order valence-corrected chi connectivity index (χ4v) is 2.36. The summed E-state index contributed by atoms with van der Waals surface area (Å²) in [4.78, 5) is 11.3. The van der Waals surface area contributed by atoms with E-state index in [-0.39, 0.29) is 12.0 Å². The van der Waals surface area contributed by atoms with Gasteiger partial charge in [0.1, 0.15) is 5.78 Å². The third-order valence-electron chi connectivity index (χ3n) is 2.33. The summed E-state index contributed by atoms with van der Waals surface area (Å²) >= 11 is 3.38. The maximum atomic E-state index is 11.3. The molecule has 3 heteroatoms. The third-order valence-corrected chi connectivity index (χ3v) is 2.97. The molecule has 2 atom stereocenters. The smallest absolute Gasteiger partial charge is 0.138 e. The molecule has 0 amide bonds. The number of alkyl halides is 1. The zero-order chi connectivity index (χ0) is 8.97. The van der Waals surface area contributed by atoms with E-state index in [9.17, 15) is 4.79 Å². The van der Waals surface area contributed by atoms with Crippen LogP contribution in [0, 0.1) is 5.92 Å². The zero-order valence-electron chi connectivity index (χ0n) is 7.38. The average molecular weight is 235 g/mol. The summed E-state index contributed by atoms with van der Waals surface area (Å²) in [7, 11) is 0. The molecule has 0 radical (unpaired) electrons. The van der Waals surface area contributed by atoms with Crippen LogP contribution in [-0.2, 0) is 9.53 Å². The molecular weight excluding hydrogens is 220 g/mol. The molecule has 0 saturated heterocycles. The van der Waals surface area contributed by atoms with E-state index < -0.39 is 0 Å². The van der Waals surface area contributed by atoms with Gasteiger partial charge >= 0.3 is 0 Å². The third kappa shape index (κ3) is 2.30. The first-order valence-corrected chi connectivity index (χ1v) is 5.62. The van der Waals surface area contributed by atoms with Crippen LogP contribution in [0.4, 0.5) is 0 Å². The minimum atomic E-state index is 0.102. The summed E-state index contributed by atoms with van der Waals surface area (Å²) in [5.74, 6) is 0.539. The van der Waals surface area contributed by atoms with Crippen molar-refractivity contribution in [2.24, 2.45) is 5.92 Å². The predicted octanol–water partition coefficient (Wildman–Crippen LogP) is 2.16. The molecule has 1 saturated carbocycles. The van der Waals surface area contributed by atoms with Gasteiger partial charge in [-0.3, -0.25) is 4.79 Å². The summed E-state index contributed by atoms with van der Waals surface area (Å²) in [5, 5.41) is 0.775. The van der Waals surface area contributed by atoms with Crippen LogP contribution in [0.1, 0.15) is 26.2 Å². The highest BCUT2D eigenvalue weighted by Crippen LogP contribution is 2.27. The molecule has 2 nitrogen and oxygen atoms in total. The maximum absolute atomic E-state index is 11.3. The van der Waals surface area contributed by atoms with Crippen molar-refractivity contribution in [3.05, 3.63) is 0 Å². The van der Waals surface area contributed by atoms with E-state index in [0.717, 1.165) is 24.6 Å². The number of carbonyl (C=O) groups excluding carboxylic acids is 1. The first-order chi connectivity index (χ1) is 5.79. The zero-order valence-corrected chi connectivity index (χ0v) is 8.97. The van der Waals surface area contributed by atoms with Gasteiger partial charge in [0.15, 0.2) is 0 Å². The Balaban J connectivity index is 2.46. The van der Waals surface area contributed by atoms with Gasteiger partial charge < -0.3 is 4.74 Å². The monoisotopic (exact) mass is 234 g/mol. The van der Waals surface area contributed by atoms with Crippen LogP contribution in [0.15, 0.2) is 0 Å². The van der Waals surface area contributed by atoms with Crippen molar-refractivity contribution in [1.82, 2.24) is 0 Å². The first kappa shape index (κ1) is 10.2. The van der Waals surface area contributed by atoms with E-state index >= 15 is 0 Å². The Morgan fingerprint density at radius 2 is 2.50 bits per heavy atom. The molecule has 0 aromatic heterocycles. The maximum Gasteiger partial charge on any atom is 0.138 e. The number of halogens is 1. The van der Waals surface area contributed by atoms with Crippen LogP contribution in [0.5, 0.6) is 0 Å². The Bertz CT molecular complexity index is 159. The molecule has 2 unspecified atom stereocenters. The SMILES string of the molecule is CCOC(CBr)C1CCCC1=O. The number of hydrogen-bond acceptors (Lipinski definition) is 2. The second-order valence-corrected chi connectivity index (χ2v) is 3.76. The lowest BCUT2D eigenvalue weighted by Crippen LogP contribution is -2.28. The topological polar surface area (TPSA) is 26.3 Å². The van der Waals surface area contributed by atoms with Crippen LogP contribution in [-0.4, -0.2) is 23.8 Å². The van der Waals surface area contributed by atoms with Crippen LogP contribution < -0.4 is 0 Å². The number of ether oxygens (including phenoxy) is 1. The number of rotatable bonds is 4. The number of ketones is 1. The van der Waals surface area contributed by atoms with Gasteiger partial charge in [-0.1, -0.05) is 15.9 Å². The molecule has 1 aliphatic rings. The molecule has 0 aliphatic heterocycles. The van der Waals surface area contributed by atoms with E-state index in [1.165, 1.54) is 0 Å². The van der Waals surface area contributed by atoms with Gasteiger partial charge in [-0.2, -0.15) is 0 Å². The molecule has 12 heavy (non-hydrogen) atoms. The van der Waals surface area contributed by atoms with Crippen LogP contribution in [0.3, 0.4) is 0 Å². The van der Waals surface area contributed by atoms with Gasteiger partial charge in [0.25, 0.3) is 0 Å². The fourth-order valence-electron chi connectivity index (χ4n) is 1.72. The molecule has 0 bridgehead atoms. The van der Waals surface area contributed by atoms with E-state index in [1.807, 2.05) is 6.92 Å². The quantitative estimate of drug-likeness (QED) is 0.698. The first-order valence-electron chi connectivity index (χ1n) is 4.49. The minimum absolute atomic E-state index is 0.102. The number of Topliss-reactive ketones (excluding diaryl/α,β-unsaturated/α-hetero) is 1. The summed E-state index contributed by atoms with van der Waals surface area (Å²) in [6.45, 7) is 2.66. The Labute approximate surface area is 81.8 Å². The molecule has 1 rings (SSSR count). The minimum Gasteiger partial charge on any atom is -0.377 e. The lowest BCUT2D eigenvalue weighted by Gasteiger charge is -2.19. The summed E-state index contributed by atoms with van der Waals surface area (Å²) < 4.78 is 5.48. The predicted molar refractivity (Wildman–Crippen MR) is 51.6 cm³/mol. The van der Waals surface area contributed by atoms with Crippen molar-refractivity contribution in [2.45, 2.75) is 32.3 Å². The fraction of sp³-hybridized carbons (Fsp3) is 0.889. The van der Waals surface area contributed by atoms with E-state index in [1.54, 1.807) is 0 Å². The molecule has 0 aromatic carbocycles. The van der Waals surface area contributed by atoms with Gasteiger partial charge in [0.2, 0.25) is 0 Å². The second-order valence-electron chi connectivity index (χ2n) is 3.11. The highest BCUT2D eigenvalue weighted by molar-refractivity contribution is 9.09. The van der Waals surface area contributed by atoms with Gasteiger partial charge in [-0.05, 0) is 19.8 Å². The number of carbonyl (C=O) groups is 1. The van der Waals surface area contributed by atoms with Crippen molar-refractivity contribution in [2.75, 3.05) is 11.9 Å². The summed E-state index contributed by atoms with van der Waals surface area (Å²) in [6, 6.07) is 0. The largest absolute Gasteiger partial charge is 0.377 e. The van der Waals surface area contributed by atoms with Gasteiger partial charge in [-0.25, -0.2) is 0 Å². The molecule has 1 aliphatic carbocycles. The van der Waals surface area contributed by atoms with Gasteiger partial charge in [0, 0.05) is 24.3 Å². The molecule has 1 fully saturated rings. The van der Waals surface area contributed by atoms with Gasteiger partial charge in [-0.15, -0.1) is 0 Å². The van der Waals surface area contributed by atoms with Crippen molar-refractivity contribution < 1.29 is 9.53 Å². The second kappa shape index (κ2) is 4.97. The van der Waals surface area contributed by atoms with Crippen molar-refractivity contribution in [3.8, 4) is 0 Å². The molecule has 0 spiro atoms. The summed E-state index contributed by atoms with van der Waals surface area (Å²) in [5.41, 5.74) is 0. The summed E-state index contributed by atoms with van der Waals surface area (Å²) in [6.07, 6.45) is 2.90. The van der Waals surface area contributed by atoms with Crippen molar-refractivity contribution in [1.29, 1.82) is 0 Å². The lowest BCUT2D eigenvalue weighted by atomic mass is 10.0. The van der Waals surface area contributed by atoms with Crippen LogP contribution in [0.25, 0.3) is 0 Å². The standard InChI is InChI=1S/C9H15BrO2/c1-2-12-9(6-10)7-4-3-5-8(7)11/h7,9H,2-6H2,1H3.